The molecule has 32 heteroatoms. The zero-order valence-electron chi connectivity index (χ0n) is 58.4. The van der Waals surface area contributed by atoms with Crippen LogP contribution in [0.15, 0.2) is 192 Å². The van der Waals surface area contributed by atoms with Gasteiger partial charge < -0.3 is 67.0 Å². The predicted molar refractivity (Wildman–Crippen MR) is 387 cm³/mol. The summed E-state index contributed by atoms with van der Waals surface area (Å²) in [6.45, 7) is 2.10. The molecule has 6 atom stereocenters. The van der Waals surface area contributed by atoms with E-state index in [0.29, 0.717) is 86.6 Å². The summed E-state index contributed by atoms with van der Waals surface area (Å²) in [7, 11) is -5.49. The van der Waals surface area contributed by atoms with E-state index in [1.54, 1.807) is 78.9 Å². The fourth-order valence-corrected chi connectivity index (χ4v) is 13.7. The number of aliphatic carboxylic acids is 1. The molecular weight excluding hydrogens is 1410 g/mol. The number of carbonyl (C=O) groups is 7. The summed E-state index contributed by atoms with van der Waals surface area (Å²) >= 11 is 0. The first-order valence-electron chi connectivity index (χ1n) is 33.8. The molecular formula is C74H86N10O20S2. The highest BCUT2D eigenvalue weighted by atomic mass is 32.2. The van der Waals surface area contributed by atoms with Gasteiger partial charge in [0.25, 0.3) is 31.9 Å². The van der Waals surface area contributed by atoms with Crippen LogP contribution in [0.1, 0.15) is 77.6 Å². The van der Waals surface area contributed by atoms with Gasteiger partial charge in [0.1, 0.15) is 35.0 Å². The van der Waals surface area contributed by atoms with Crippen LogP contribution < -0.4 is 42.2 Å². The number of nitrogens with two attached hydrogens (primary N) is 2. The van der Waals surface area contributed by atoms with Crippen LogP contribution in [0, 0.1) is 0 Å². The van der Waals surface area contributed by atoms with Gasteiger partial charge >= 0.3 is 5.97 Å². The molecule has 2 fully saturated rings. The standard InChI is InChI=1S/C36H41N5O9S.C24H32N2O7S.C14H13N3O4/c1-48-26-12-14-28(15-13-26)51(46,47)41(50-27-17-19-49-20-18-27)23-33(42)31(21-24-7-3-2-4-8-24)39-36(45)32(22-34(37)43)40-35(44)30-16-11-25-9-5-6-10-29(25)38-30;1-18(27)25-23(16-19-6-4-3-5-7-19)24(28)17-26(33-21-12-14-32-15-13-21)34(29,30)22-10-8-20(31-2)9-11-22;15-12(18)7-11(14(20)21)17-13(19)10-6-5-8-3-1-2-4-9(8)16-10/h2-16,27,31-33,42H,17-23H2,1H3,(H2,37,43)(H,39,45)(H,40,44);3-11,21,23-24,28H,12-17H2,1-2H3,(H,25,27);1-6,11H,7H2,(H2,15,18)(H,17,19)(H,20,21). The number of benzene rings is 6. The van der Waals surface area contributed by atoms with Crippen LogP contribution in [0.4, 0.5) is 0 Å². The Hall–Kier alpha value is -10.4. The molecule has 0 saturated carbocycles. The normalized spacial score (nSPS) is 15.2. The van der Waals surface area contributed by atoms with Gasteiger partial charge in [0.2, 0.25) is 23.6 Å². The number of pyridine rings is 2. The zero-order chi connectivity index (χ0) is 76.3. The van der Waals surface area contributed by atoms with Crippen molar-refractivity contribution in [2.75, 3.05) is 53.7 Å². The number of hydroxylamine groups is 2. The van der Waals surface area contributed by atoms with Gasteiger partial charge in [-0.05, 0) is 122 Å². The van der Waals surface area contributed by atoms with Crippen molar-refractivity contribution in [3.05, 3.63) is 205 Å². The number of fused-ring (bicyclic) bond motifs is 2. The number of aliphatic hydroxyl groups is 2. The second-order valence-corrected chi connectivity index (χ2v) is 28.3. The molecule has 8 aromatic rings. The number of rotatable bonds is 32. The first-order chi connectivity index (χ1) is 50.8. The lowest BCUT2D eigenvalue weighted by atomic mass is 10.00. The van der Waals surface area contributed by atoms with Gasteiger partial charge in [-0.2, -0.15) is 0 Å². The summed E-state index contributed by atoms with van der Waals surface area (Å²) in [5.41, 5.74) is 13.3. The van der Waals surface area contributed by atoms with Crippen molar-refractivity contribution in [1.29, 1.82) is 0 Å². The third-order valence-electron chi connectivity index (χ3n) is 16.7. The van der Waals surface area contributed by atoms with E-state index in [0.717, 1.165) is 25.3 Å². The van der Waals surface area contributed by atoms with E-state index in [2.05, 4.69) is 31.2 Å². The molecule has 6 amide bonds. The smallest absolute Gasteiger partial charge is 0.326 e. The van der Waals surface area contributed by atoms with E-state index < -0.39 is 117 Å². The molecule has 6 aromatic carbocycles. The van der Waals surface area contributed by atoms with Gasteiger partial charge in [-0.25, -0.2) is 31.6 Å². The molecule has 2 aromatic heterocycles. The molecule has 564 valence electrons. The number of carboxylic acid groups (broad SMARTS) is 1. The zero-order valence-corrected chi connectivity index (χ0v) is 60.0. The largest absolute Gasteiger partial charge is 0.497 e. The molecule has 2 aliphatic heterocycles. The summed E-state index contributed by atoms with van der Waals surface area (Å²) in [4.78, 5) is 105. The molecule has 4 heterocycles. The van der Waals surface area contributed by atoms with Crippen molar-refractivity contribution < 1.29 is 94.3 Å². The quantitative estimate of drug-likeness (QED) is 0.0265. The van der Waals surface area contributed by atoms with Gasteiger partial charge in [0.15, 0.2) is 0 Å². The summed E-state index contributed by atoms with van der Waals surface area (Å²) < 4.78 is 77.5. The number of sulfonamides is 2. The number of primary amides is 2. The Labute approximate surface area is 612 Å². The second kappa shape index (κ2) is 39.6. The average Bonchev–Trinajstić information content (AvgIpc) is 0.808. The van der Waals surface area contributed by atoms with Crippen LogP contribution in [0.5, 0.6) is 11.5 Å². The number of para-hydroxylation sites is 2. The molecule has 10 rings (SSSR count). The maximum Gasteiger partial charge on any atom is 0.326 e. The number of carboxylic acids is 1. The van der Waals surface area contributed by atoms with E-state index >= 15 is 0 Å². The molecule has 2 aliphatic rings. The lowest BCUT2D eigenvalue weighted by Gasteiger charge is -2.33. The van der Waals surface area contributed by atoms with Crippen molar-refractivity contribution in [3.63, 3.8) is 0 Å². The minimum Gasteiger partial charge on any atom is -0.497 e. The first-order valence-corrected chi connectivity index (χ1v) is 36.6. The topological polar surface area (TPSA) is 436 Å². The Morgan fingerprint density at radius 1 is 0.500 bits per heavy atom. The van der Waals surface area contributed by atoms with Gasteiger partial charge in [-0.15, -0.1) is 0 Å². The molecule has 11 N–H and O–H groups in total. The van der Waals surface area contributed by atoms with Crippen LogP contribution in [-0.2, 0) is 76.0 Å². The minimum absolute atomic E-state index is 0.00620. The SMILES string of the molecule is COc1ccc(S(=O)(=O)N(CC(O)C(Cc2ccccc2)NC(=O)C(CC(N)=O)NC(=O)c2ccc3ccccc3n2)OC2CCOCC2)cc1.COc1ccc(S(=O)(=O)N(CC(O)C(Cc2ccccc2)NC(C)=O)OC2CCOCC2)cc1.NC(=O)CC(NC(=O)c1ccc2ccccc2n1)C(=O)O. The third-order valence-corrected chi connectivity index (χ3v) is 20.0. The number of hydrogen-bond donors (Lipinski definition) is 9. The first kappa shape index (κ1) is 81.3. The highest BCUT2D eigenvalue weighted by Crippen LogP contribution is 2.27. The highest BCUT2D eigenvalue weighted by molar-refractivity contribution is 7.89. The lowest BCUT2D eigenvalue weighted by molar-refractivity contribution is -0.170. The fraction of sp³-hybridized carbons (Fsp3) is 0.338. The molecule has 106 heavy (non-hydrogen) atoms. The number of aliphatic hydroxyl groups excluding tert-OH is 2. The molecule has 0 aliphatic carbocycles. The number of ether oxygens (including phenoxy) is 4. The number of methoxy groups -OCH3 is 2. The maximum absolute atomic E-state index is 13.9. The number of nitrogens with one attached hydrogen (secondary N) is 4. The Morgan fingerprint density at radius 3 is 1.25 bits per heavy atom. The van der Waals surface area contributed by atoms with E-state index in [1.807, 2.05) is 54.6 Å². The summed E-state index contributed by atoms with van der Waals surface area (Å²) in [5, 5.41) is 43.6. The van der Waals surface area contributed by atoms with Crippen molar-refractivity contribution >= 4 is 83.3 Å². The predicted octanol–water partition coefficient (Wildman–Crippen LogP) is 4.31. The van der Waals surface area contributed by atoms with E-state index in [4.69, 9.17) is 45.2 Å². The van der Waals surface area contributed by atoms with Gasteiger partial charge in [0, 0.05) is 44.1 Å². The van der Waals surface area contributed by atoms with Crippen LogP contribution in [0.2, 0.25) is 0 Å². The summed E-state index contributed by atoms with van der Waals surface area (Å²) in [6, 6.07) is 46.1. The number of carbonyl (C=O) groups excluding carboxylic acids is 6. The molecule has 6 unspecified atom stereocenters. The summed E-state index contributed by atoms with van der Waals surface area (Å²) in [6.07, 6.45) is -2.37. The Bertz CT molecular complexity index is 4480. The maximum atomic E-state index is 13.9. The third kappa shape index (κ3) is 24.3. The van der Waals surface area contributed by atoms with E-state index in [1.165, 1.54) is 69.7 Å². The van der Waals surface area contributed by atoms with Crippen molar-refractivity contribution in [1.82, 2.24) is 40.2 Å². The van der Waals surface area contributed by atoms with Crippen LogP contribution in [0.25, 0.3) is 21.8 Å². The minimum atomic E-state index is -4.33. The van der Waals surface area contributed by atoms with Crippen LogP contribution in [-0.4, -0.2) is 195 Å². The van der Waals surface area contributed by atoms with Crippen molar-refractivity contribution in [2.45, 2.75) is 117 Å². The molecule has 0 spiro atoms. The monoisotopic (exact) mass is 1500 g/mol. The number of amides is 6. The lowest BCUT2D eigenvalue weighted by Crippen LogP contribution is -2.56. The Morgan fingerprint density at radius 2 is 0.868 bits per heavy atom. The number of nitrogens with zero attached hydrogens (tertiary/aromatic N) is 4. The molecule has 2 saturated heterocycles. The van der Waals surface area contributed by atoms with E-state index in [9.17, 15) is 60.6 Å². The summed E-state index contributed by atoms with van der Waals surface area (Å²) in [5.74, 6) is -4.57. The van der Waals surface area contributed by atoms with Gasteiger partial charge in [-0.1, -0.05) is 118 Å². The van der Waals surface area contributed by atoms with Crippen LogP contribution in [0.3, 0.4) is 0 Å². The highest BCUT2D eigenvalue weighted by Gasteiger charge is 2.38. The fourth-order valence-electron chi connectivity index (χ4n) is 11.1. The molecule has 0 radical (unpaired) electrons. The van der Waals surface area contributed by atoms with Crippen molar-refractivity contribution in [2.24, 2.45) is 11.5 Å². The average molecular weight is 1500 g/mol. The van der Waals surface area contributed by atoms with E-state index in [-0.39, 0.29) is 46.2 Å². The number of aromatic nitrogens is 2. The molecule has 0 bridgehead atoms. The Balaban J connectivity index is 0.000000221. The van der Waals surface area contributed by atoms with Gasteiger partial charge in [0.05, 0.1) is 97.5 Å². The van der Waals surface area contributed by atoms with Crippen LogP contribution >= 0.6 is 0 Å². The van der Waals surface area contributed by atoms with Gasteiger partial charge in [-0.3, -0.25) is 38.4 Å². The second-order valence-electron chi connectivity index (χ2n) is 24.6. The molecule has 30 nitrogen and oxygen atoms in total. The number of hydrogen-bond acceptors (Lipinski definition) is 21. The van der Waals surface area contributed by atoms with Crippen molar-refractivity contribution in [3.8, 4) is 11.5 Å². The Kier molecular flexibility index (Phi) is 30.4.